The molecule has 1 spiro atoms. The van der Waals surface area contributed by atoms with Gasteiger partial charge in [0.2, 0.25) is 5.91 Å². The first-order chi connectivity index (χ1) is 15.0. The van der Waals surface area contributed by atoms with E-state index in [0.29, 0.717) is 19.1 Å². The Hall–Kier alpha value is -2.93. The number of amides is 1. The van der Waals surface area contributed by atoms with Crippen LogP contribution in [0.2, 0.25) is 0 Å². The molecule has 0 saturated carbocycles. The van der Waals surface area contributed by atoms with Crippen LogP contribution in [-0.2, 0) is 17.9 Å². The van der Waals surface area contributed by atoms with Gasteiger partial charge in [0.1, 0.15) is 5.76 Å². The summed E-state index contributed by atoms with van der Waals surface area (Å²) in [5.74, 6) is 1.26. The van der Waals surface area contributed by atoms with E-state index in [1.54, 1.807) is 18.7 Å². The van der Waals surface area contributed by atoms with Crippen molar-refractivity contribution in [1.82, 2.24) is 24.3 Å². The lowest BCUT2D eigenvalue weighted by atomic mass is 9.75. The van der Waals surface area contributed by atoms with Crippen LogP contribution in [0.1, 0.15) is 49.2 Å². The summed E-state index contributed by atoms with van der Waals surface area (Å²) < 4.78 is 7.72. The molecule has 162 valence electrons. The van der Waals surface area contributed by atoms with Crippen LogP contribution in [0.5, 0.6) is 0 Å². The molecule has 5 rings (SSSR count). The Morgan fingerprint density at radius 1 is 1.23 bits per heavy atom. The molecule has 0 aromatic carbocycles. The standard InChI is InChI=1S/C24H29N5O2/c1-18(2)29-15-22(26-17-29)21-14-27(13-20-4-3-11-31-20)16-24(21)7-10-28(23(24)30)12-19-5-8-25-9-6-19/h3-6,8-9,11,15,17-18,21H,7,10,12-14,16H2,1-2H3/t21-,24-/m1/s1. The molecule has 31 heavy (non-hydrogen) atoms. The van der Waals surface area contributed by atoms with E-state index in [0.717, 1.165) is 43.1 Å². The van der Waals surface area contributed by atoms with Gasteiger partial charge in [-0.25, -0.2) is 4.98 Å². The molecule has 2 atom stereocenters. The third kappa shape index (κ3) is 3.67. The topological polar surface area (TPSA) is 67.4 Å². The highest BCUT2D eigenvalue weighted by atomic mass is 16.3. The fourth-order valence-electron chi connectivity index (χ4n) is 5.13. The van der Waals surface area contributed by atoms with Crippen LogP contribution >= 0.6 is 0 Å². The minimum Gasteiger partial charge on any atom is -0.468 e. The van der Waals surface area contributed by atoms with Crippen molar-refractivity contribution in [2.45, 2.75) is 45.3 Å². The minimum absolute atomic E-state index is 0.0809. The van der Waals surface area contributed by atoms with Crippen LogP contribution in [0.3, 0.4) is 0 Å². The van der Waals surface area contributed by atoms with Gasteiger partial charge < -0.3 is 13.9 Å². The van der Waals surface area contributed by atoms with Crippen molar-refractivity contribution in [3.8, 4) is 0 Å². The molecular weight excluding hydrogens is 390 g/mol. The maximum absolute atomic E-state index is 13.8. The lowest BCUT2D eigenvalue weighted by Crippen LogP contribution is -2.39. The smallest absolute Gasteiger partial charge is 0.231 e. The van der Waals surface area contributed by atoms with Crippen LogP contribution in [0.4, 0.5) is 0 Å². The average Bonchev–Trinajstić information content (AvgIpc) is 3.55. The van der Waals surface area contributed by atoms with Gasteiger partial charge in [0.05, 0.1) is 30.2 Å². The van der Waals surface area contributed by atoms with E-state index in [-0.39, 0.29) is 11.8 Å². The first-order valence-electron chi connectivity index (χ1n) is 11.0. The Balaban J connectivity index is 1.43. The third-order valence-electron chi connectivity index (χ3n) is 6.81. The Morgan fingerprint density at radius 2 is 2.06 bits per heavy atom. The summed E-state index contributed by atoms with van der Waals surface area (Å²) in [5, 5.41) is 0. The van der Waals surface area contributed by atoms with Crippen LogP contribution in [0.15, 0.2) is 59.9 Å². The second kappa shape index (κ2) is 7.96. The van der Waals surface area contributed by atoms with Crippen molar-refractivity contribution in [3.63, 3.8) is 0 Å². The summed E-state index contributed by atoms with van der Waals surface area (Å²) in [5.41, 5.74) is 1.71. The van der Waals surface area contributed by atoms with Gasteiger partial charge in [0.15, 0.2) is 0 Å². The van der Waals surface area contributed by atoms with Crippen LogP contribution in [0, 0.1) is 5.41 Å². The Morgan fingerprint density at radius 3 is 2.77 bits per heavy atom. The zero-order chi connectivity index (χ0) is 21.4. The molecule has 1 amide bonds. The third-order valence-corrected chi connectivity index (χ3v) is 6.81. The average molecular weight is 420 g/mol. The molecule has 0 bridgehead atoms. The number of nitrogens with zero attached hydrogens (tertiary/aromatic N) is 5. The number of aromatic nitrogens is 3. The molecule has 2 fully saturated rings. The van der Waals surface area contributed by atoms with Gasteiger partial charge in [-0.05, 0) is 50.1 Å². The summed E-state index contributed by atoms with van der Waals surface area (Å²) in [7, 11) is 0. The Kier molecular flexibility index (Phi) is 5.14. The van der Waals surface area contributed by atoms with Crippen LogP contribution in [0.25, 0.3) is 0 Å². The van der Waals surface area contributed by atoms with Crippen LogP contribution in [-0.4, -0.2) is 49.9 Å². The predicted molar refractivity (Wildman–Crippen MR) is 116 cm³/mol. The number of carbonyl (C=O) groups is 1. The first-order valence-corrected chi connectivity index (χ1v) is 11.0. The monoisotopic (exact) mass is 419 g/mol. The first kappa shape index (κ1) is 20.0. The second-order valence-corrected chi connectivity index (χ2v) is 9.13. The number of hydrogen-bond donors (Lipinski definition) is 0. The maximum Gasteiger partial charge on any atom is 0.231 e. The van der Waals surface area contributed by atoms with Crippen molar-refractivity contribution in [1.29, 1.82) is 0 Å². The van der Waals surface area contributed by atoms with Crippen molar-refractivity contribution in [2.24, 2.45) is 5.41 Å². The summed E-state index contributed by atoms with van der Waals surface area (Å²) in [4.78, 5) is 27.0. The number of rotatable bonds is 6. The second-order valence-electron chi connectivity index (χ2n) is 9.13. The van der Waals surface area contributed by atoms with Gasteiger partial charge in [-0.3, -0.25) is 14.7 Å². The highest BCUT2D eigenvalue weighted by Gasteiger charge is 2.57. The minimum atomic E-state index is -0.435. The Labute approximate surface area is 182 Å². The molecule has 3 aromatic heterocycles. The number of pyridine rings is 1. The molecule has 0 unspecified atom stereocenters. The molecule has 7 nitrogen and oxygen atoms in total. The van der Waals surface area contributed by atoms with Crippen molar-refractivity contribution in [2.75, 3.05) is 19.6 Å². The van der Waals surface area contributed by atoms with Gasteiger partial charge in [-0.1, -0.05) is 0 Å². The predicted octanol–water partition coefficient (Wildman–Crippen LogP) is 3.47. The lowest BCUT2D eigenvalue weighted by Gasteiger charge is -2.28. The lowest BCUT2D eigenvalue weighted by molar-refractivity contribution is -0.136. The molecule has 0 N–H and O–H groups in total. The number of hydrogen-bond acceptors (Lipinski definition) is 5. The van der Waals surface area contributed by atoms with E-state index in [1.807, 2.05) is 35.5 Å². The van der Waals surface area contributed by atoms with E-state index in [2.05, 4.69) is 34.5 Å². The van der Waals surface area contributed by atoms with Gasteiger partial charge >= 0.3 is 0 Å². The van der Waals surface area contributed by atoms with E-state index < -0.39 is 5.41 Å². The number of carbonyl (C=O) groups excluding carboxylic acids is 1. The largest absolute Gasteiger partial charge is 0.468 e. The van der Waals surface area contributed by atoms with E-state index in [1.165, 1.54) is 0 Å². The molecule has 2 aliphatic heterocycles. The molecule has 0 radical (unpaired) electrons. The number of furan rings is 1. The molecule has 5 heterocycles. The normalized spacial score (nSPS) is 24.2. The summed E-state index contributed by atoms with van der Waals surface area (Å²) in [6, 6.07) is 8.23. The maximum atomic E-state index is 13.8. The zero-order valence-electron chi connectivity index (χ0n) is 18.1. The molecular formula is C24H29N5O2. The molecule has 7 heteroatoms. The van der Waals surface area contributed by atoms with Crippen LogP contribution < -0.4 is 0 Å². The van der Waals surface area contributed by atoms with Crippen molar-refractivity contribution in [3.05, 3.63) is 72.5 Å². The molecule has 2 saturated heterocycles. The van der Waals surface area contributed by atoms with E-state index in [4.69, 9.17) is 9.40 Å². The zero-order valence-corrected chi connectivity index (χ0v) is 18.1. The highest BCUT2D eigenvalue weighted by molar-refractivity contribution is 5.86. The fourth-order valence-corrected chi connectivity index (χ4v) is 5.13. The summed E-state index contributed by atoms with van der Waals surface area (Å²) >= 11 is 0. The molecule has 2 aliphatic rings. The van der Waals surface area contributed by atoms with Gasteiger partial charge in [-0.2, -0.15) is 0 Å². The fraction of sp³-hybridized carbons (Fsp3) is 0.458. The SMILES string of the molecule is CC(C)n1cnc([C@H]2CN(Cc3ccco3)C[C@]23CCN(Cc2ccncc2)C3=O)c1. The van der Waals surface area contributed by atoms with Gasteiger partial charge in [-0.15, -0.1) is 0 Å². The number of likely N-dealkylation sites (tertiary alicyclic amines) is 2. The summed E-state index contributed by atoms with van der Waals surface area (Å²) in [6.45, 7) is 7.97. The Bertz CT molecular complexity index is 1030. The van der Waals surface area contributed by atoms with E-state index in [9.17, 15) is 4.79 Å². The van der Waals surface area contributed by atoms with Gasteiger partial charge in [0, 0.05) is 56.7 Å². The van der Waals surface area contributed by atoms with Gasteiger partial charge in [0.25, 0.3) is 0 Å². The van der Waals surface area contributed by atoms with Crippen molar-refractivity contribution >= 4 is 5.91 Å². The number of imidazole rings is 1. The molecule has 0 aliphatic carbocycles. The summed E-state index contributed by atoms with van der Waals surface area (Å²) in [6.07, 6.45) is 10.2. The van der Waals surface area contributed by atoms with Crippen molar-refractivity contribution < 1.29 is 9.21 Å². The van der Waals surface area contributed by atoms with E-state index >= 15 is 0 Å². The highest BCUT2D eigenvalue weighted by Crippen LogP contribution is 2.50. The molecule has 3 aromatic rings. The quantitative estimate of drug-likeness (QED) is 0.612.